The molecule has 3 N–H and O–H groups in total. The number of carbonyl (C=O) groups is 1. The van der Waals surface area contributed by atoms with Crippen molar-refractivity contribution < 1.29 is 14.6 Å². The Labute approximate surface area is 119 Å². The first kappa shape index (κ1) is 14.7. The van der Waals surface area contributed by atoms with Crippen molar-refractivity contribution in [3.8, 4) is 5.75 Å². The molecule has 110 valence electrons. The summed E-state index contributed by atoms with van der Waals surface area (Å²) in [4.78, 5) is 12.1. The van der Waals surface area contributed by atoms with E-state index in [4.69, 9.17) is 10.5 Å². The van der Waals surface area contributed by atoms with Crippen molar-refractivity contribution in [1.82, 2.24) is 0 Å². The lowest BCUT2D eigenvalue weighted by Crippen LogP contribution is -2.34. The van der Waals surface area contributed by atoms with E-state index in [1.165, 1.54) is 18.2 Å². The number of carbonyl (C=O) groups excluding carboxylic acids is 1. The molecule has 0 spiro atoms. The molecular weight excluding hydrogens is 254 g/mol. The lowest BCUT2D eigenvalue weighted by molar-refractivity contribution is -0.00714. The lowest BCUT2D eigenvalue weighted by atomic mass is 9.71. The quantitative estimate of drug-likeness (QED) is 0.494. The zero-order valence-corrected chi connectivity index (χ0v) is 12.3. The Balaban J connectivity index is 2.05. The first-order chi connectivity index (χ1) is 9.27. The zero-order chi connectivity index (χ0) is 14.9. The van der Waals surface area contributed by atoms with Gasteiger partial charge < -0.3 is 15.6 Å². The molecule has 0 aromatic heterocycles. The van der Waals surface area contributed by atoms with Crippen LogP contribution in [0.4, 0.5) is 5.69 Å². The second-order valence-corrected chi connectivity index (χ2v) is 6.71. The van der Waals surface area contributed by atoms with Gasteiger partial charge in [-0.3, -0.25) is 0 Å². The Kier molecular flexibility index (Phi) is 3.93. The first-order valence-electron chi connectivity index (χ1n) is 7.06. The van der Waals surface area contributed by atoms with Gasteiger partial charge in [-0.2, -0.15) is 0 Å². The highest BCUT2D eigenvalue weighted by molar-refractivity contribution is 5.91. The molecule has 0 heterocycles. The van der Waals surface area contributed by atoms with Crippen molar-refractivity contribution >= 4 is 11.7 Å². The summed E-state index contributed by atoms with van der Waals surface area (Å²) < 4.78 is 5.60. The smallest absolute Gasteiger partial charge is 0.338 e. The summed E-state index contributed by atoms with van der Waals surface area (Å²) in [7, 11) is 0. The highest BCUT2D eigenvalue weighted by atomic mass is 16.5. The molecule has 0 bridgehead atoms. The lowest BCUT2D eigenvalue weighted by Gasteiger charge is -2.38. The van der Waals surface area contributed by atoms with E-state index in [9.17, 15) is 9.90 Å². The molecule has 1 saturated carbocycles. The molecule has 0 radical (unpaired) electrons. The SMILES string of the molecule is CC1CC(OC(=O)c2ccc(O)c(N)c2)CC(C)(C)C1. The summed E-state index contributed by atoms with van der Waals surface area (Å²) in [6, 6.07) is 4.40. The van der Waals surface area contributed by atoms with Gasteiger partial charge in [0.05, 0.1) is 11.3 Å². The van der Waals surface area contributed by atoms with E-state index in [1.807, 2.05) is 0 Å². The summed E-state index contributed by atoms with van der Waals surface area (Å²) in [5, 5.41) is 9.37. The van der Waals surface area contributed by atoms with Gasteiger partial charge in [-0.05, 0) is 48.8 Å². The van der Waals surface area contributed by atoms with Crippen molar-refractivity contribution in [3.63, 3.8) is 0 Å². The minimum absolute atomic E-state index is 0.0195. The third kappa shape index (κ3) is 3.44. The van der Waals surface area contributed by atoms with Crippen molar-refractivity contribution in [2.24, 2.45) is 11.3 Å². The molecule has 0 saturated heterocycles. The summed E-state index contributed by atoms with van der Waals surface area (Å²) in [6.07, 6.45) is 2.91. The minimum Gasteiger partial charge on any atom is -0.506 e. The molecule has 4 heteroatoms. The number of ether oxygens (including phenoxy) is 1. The fraction of sp³-hybridized carbons (Fsp3) is 0.562. The Morgan fingerprint density at radius 2 is 2.10 bits per heavy atom. The summed E-state index contributed by atoms with van der Waals surface area (Å²) in [5.41, 5.74) is 6.38. The minimum atomic E-state index is -0.369. The highest BCUT2D eigenvalue weighted by Crippen LogP contribution is 2.39. The maximum absolute atomic E-state index is 12.1. The van der Waals surface area contributed by atoms with Crippen molar-refractivity contribution in [2.75, 3.05) is 5.73 Å². The van der Waals surface area contributed by atoms with Gasteiger partial charge in [-0.25, -0.2) is 4.79 Å². The largest absolute Gasteiger partial charge is 0.506 e. The molecule has 2 atom stereocenters. The topological polar surface area (TPSA) is 72.5 Å². The molecule has 1 fully saturated rings. The van der Waals surface area contributed by atoms with Gasteiger partial charge in [-0.1, -0.05) is 20.8 Å². The van der Waals surface area contributed by atoms with Gasteiger partial charge >= 0.3 is 5.97 Å². The number of esters is 1. The number of phenolic OH excluding ortho intramolecular Hbond substituents is 1. The standard InChI is InChI=1S/C16H23NO3/c1-10-6-12(9-16(2,3)8-10)20-15(19)11-4-5-14(18)13(17)7-11/h4-5,7,10,12,18H,6,8-9,17H2,1-3H3. The van der Waals surface area contributed by atoms with Gasteiger partial charge in [0.25, 0.3) is 0 Å². The van der Waals surface area contributed by atoms with Crippen LogP contribution in [0.1, 0.15) is 50.4 Å². The van der Waals surface area contributed by atoms with E-state index in [2.05, 4.69) is 20.8 Å². The normalized spacial score (nSPS) is 25.1. The number of hydrogen-bond acceptors (Lipinski definition) is 4. The van der Waals surface area contributed by atoms with E-state index < -0.39 is 0 Å². The number of phenols is 1. The Morgan fingerprint density at radius 1 is 1.40 bits per heavy atom. The van der Waals surface area contributed by atoms with Gasteiger partial charge in [0, 0.05) is 0 Å². The number of hydrogen-bond donors (Lipinski definition) is 2. The van der Waals surface area contributed by atoms with Gasteiger partial charge in [-0.15, -0.1) is 0 Å². The molecule has 20 heavy (non-hydrogen) atoms. The van der Waals surface area contributed by atoms with Crippen molar-refractivity contribution in [1.29, 1.82) is 0 Å². The first-order valence-corrected chi connectivity index (χ1v) is 7.06. The number of benzene rings is 1. The second-order valence-electron chi connectivity index (χ2n) is 6.71. The Bertz CT molecular complexity index is 510. The van der Waals surface area contributed by atoms with Crippen LogP contribution in [0.25, 0.3) is 0 Å². The summed E-state index contributed by atoms with van der Waals surface area (Å²) >= 11 is 0. The number of anilines is 1. The highest BCUT2D eigenvalue weighted by Gasteiger charge is 2.34. The van der Waals surface area contributed by atoms with E-state index in [0.717, 1.165) is 19.3 Å². The molecule has 2 rings (SSSR count). The summed E-state index contributed by atoms with van der Waals surface area (Å²) in [5.74, 6) is 0.169. The molecule has 1 aliphatic carbocycles. The molecule has 0 amide bonds. The Morgan fingerprint density at radius 3 is 2.70 bits per heavy atom. The number of aromatic hydroxyl groups is 1. The fourth-order valence-electron chi connectivity index (χ4n) is 3.25. The maximum Gasteiger partial charge on any atom is 0.338 e. The van der Waals surface area contributed by atoms with Crippen LogP contribution in [-0.2, 0) is 4.74 Å². The third-order valence-corrected chi connectivity index (χ3v) is 3.88. The van der Waals surface area contributed by atoms with Crippen molar-refractivity contribution in [2.45, 2.75) is 46.1 Å². The van der Waals surface area contributed by atoms with Crippen LogP contribution in [-0.4, -0.2) is 17.2 Å². The monoisotopic (exact) mass is 277 g/mol. The van der Waals surface area contributed by atoms with Gasteiger partial charge in [0.15, 0.2) is 0 Å². The van der Waals surface area contributed by atoms with Gasteiger partial charge in [0.1, 0.15) is 11.9 Å². The van der Waals surface area contributed by atoms with E-state index in [0.29, 0.717) is 11.5 Å². The number of rotatable bonds is 2. The van der Waals surface area contributed by atoms with Crippen LogP contribution < -0.4 is 5.73 Å². The van der Waals surface area contributed by atoms with Crippen LogP contribution in [0.3, 0.4) is 0 Å². The average molecular weight is 277 g/mol. The van der Waals surface area contributed by atoms with Crippen LogP contribution in [0.2, 0.25) is 0 Å². The maximum atomic E-state index is 12.1. The average Bonchev–Trinajstić information content (AvgIpc) is 2.29. The number of nitrogen functional groups attached to an aromatic ring is 1. The third-order valence-electron chi connectivity index (χ3n) is 3.88. The summed E-state index contributed by atoms with van der Waals surface area (Å²) in [6.45, 7) is 6.62. The molecule has 4 nitrogen and oxygen atoms in total. The zero-order valence-electron chi connectivity index (χ0n) is 12.3. The molecule has 1 aromatic rings. The van der Waals surface area contributed by atoms with E-state index in [1.54, 1.807) is 0 Å². The van der Waals surface area contributed by atoms with E-state index >= 15 is 0 Å². The van der Waals surface area contributed by atoms with Crippen LogP contribution in [0, 0.1) is 11.3 Å². The molecule has 0 aliphatic heterocycles. The second kappa shape index (κ2) is 5.35. The molecule has 2 unspecified atom stereocenters. The van der Waals surface area contributed by atoms with Gasteiger partial charge in [0.2, 0.25) is 0 Å². The van der Waals surface area contributed by atoms with Crippen LogP contribution >= 0.6 is 0 Å². The Hall–Kier alpha value is -1.71. The molecule has 1 aromatic carbocycles. The molecular formula is C16H23NO3. The van der Waals surface area contributed by atoms with E-state index in [-0.39, 0.29) is 28.9 Å². The van der Waals surface area contributed by atoms with Crippen LogP contribution in [0.15, 0.2) is 18.2 Å². The fourth-order valence-corrected chi connectivity index (χ4v) is 3.25. The predicted octanol–water partition coefficient (Wildman–Crippen LogP) is 3.35. The number of nitrogens with two attached hydrogens (primary N) is 1. The van der Waals surface area contributed by atoms with Crippen molar-refractivity contribution in [3.05, 3.63) is 23.8 Å². The predicted molar refractivity (Wildman–Crippen MR) is 78.5 cm³/mol. The van der Waals surface area contributed by atoms with Crippen LogP contribution in [0.5, 0.6) is 5.75 Å². The molecule has 1 aliphatic rings.